The molecule has 0 unspecified atom stereocenters. The zero-order valence-electron chi connectivity index (χ0n) is 18.3. The van der Waals surface area contributed by atoms with Crippen molar-refractivity contribution in [3.05, 3.63) is 53.3 Å². The summed E-state index contributed by atoms with van der Waals surface area (Å²) in [5.74, 6) is -0.553. The van der Waals surface area contributed by atoms with Crippen LogP contribution in [0.4, 0.5) is 10.1 Å². The fourth-order valence-corrected chi connectivity index (χ4v) is 4.41. The number of ether oxygens (including phenoxy) is 3. The summed E-state index contributed by atoms with van der Waals surface area (Å²) in [5.41, 5.74) is 0.277. The largest absolute Gasteiger partial charge is 0.493 e. The number of methoxy groups -OCH3 is 2. The van der Waals surface area contributed by atoms with Crippen molar-refractivity contribution >= 4 is 21.6 Å². The lowest BCUT2D eigenvalue weighted by Crippen LogP contribution is -2.35. The Kier molecular flexibility index (Phi) is 7.57. The van der Waals surface area contributed by atoms with Gasteiger partial charge in [0.25, 0.3) is 5.91 Å². The summed E-state index contributed by atoms with van der Waals surface area (Å²) in [6.45, 7) is 0.637. The predicted octanol–water partition coefficient (Wildman–Crippen LogP) is 2.72. The van der Waals surface area contributed by atoms with Gasteiger partial charge in [0.15, 0.2) is 11.5 Å². The maximum absolute atomic E-state index is 14.3. The van der Waals surface area contributed by atoms with E-state index in [0.29, 0.717) is 13.2 Å². The van der Waals surface area contributed by atoms with Crippen LogP contribution in [0.25, 0.3) is 0 Å². The highest BCUT2D eigenvalue weighted by Crippen LogP contribution is 2.37. The van der Waals surface area contributed by atoms with Gasteiger partial charge in [-0.05, 0) is 25.0 Å². The third-order valence-electron chi connectivity index (χ3n) is 5.20. The van der Waals surface area contributed by atoms with E-state index in [1.807, 2.05) is 0 Å². The van der Waals surface area contributed by atoms with Gasteiger partial charge in [-0.2, -0.15) is 0 Å². The van der Waals surface area contributed by atoms with E-state index in [0.717, 1.165) is 23.4 Å². The first-order chi connectivity index (χ1) is 15.2. The molecule has 1 aliphatic rings. The minimum absolute atomic E-state index is 0.0539. The molecule has 0 radical (unpaired) electrons. The van der Waals surface area contributed by atoms with Crippen LogP contribution >= 0.6 is 0 Å². The van der Waals surface area contributed by atoms with Crippen molar-refractivity contribution in [1.29, 1.82) is 0 Å². The number of nitrogens with one attached hydrogen (secondary N) is 1. The van der Waals surface area contributed by atoms with Crippen molar-refractivity contribution in [2.45, 2.75) is 25.5 Å². The smallest absolute Gasteiger partial charge is 0.253 e. The Morgan fingerprint density at radius 1 is 1.22 bits per heavy atom. The molecule has 0 aromatic heterocycles. The van der Waals surface area contributed by atoms with Crippen LogP contribution in [0.1, 0.15) is 28.8 Å². The van der Waals surface area contributed by atoms with E-state index in [2.05, 4.69) is 5.32 Å². The van der Waals surface area contributed by atoms with Crippen molar-refractivity contribution in [2.24, 2.45) is 0 Å². The molecule has 1 atom stereocenters. The predicted molar refractivity (Wildman–Crippen MR) is 118 cm³/mol. The van der Waals surface area contributed by atoms with Crippen LogP contribution in [-0.2, 0) is 21.3 Å². The van der Waals surface area contributed by atoms with Gasteiger partial charge in [-0.3, -0.25) is 9.10 Å². The third-order valence-corrected chi connectivity index (χ3v) is 6.33. The van der Waals surface area contributed by atoms with Crippen LogP contribution in [0.15, 0.2) is 36.4 Å². The normalized spacial score (nSPS) is 15.9. The Hall–Kier alpha value is -2.85. The van der Waals surface area contributed by atoms with Crippen molar-refractivity contribution < 1.29 is 31.8 Å². The molecule has 1 amide bonds. The summed E-state index contributed by atoms with van der Waals surface area (Å²) < 4.78 is 56.9. The molecule has 2 aromatic rings. The lowest BCUT2D eigenvalue weighted by atomic mass is 10.1. The summed E-state index contributed by atoms with van der Waals surface area (Å²) in [6, 6.07) is 8.69. The van der Waals surface area contributed by atoms with Crippen LogP contribution in [0.2, 0.25) is 0 Å². The zero-order chi connectivity index (χ0) is 23.3. The standard InChI is InChI=1S/C22H27FN2O6S/c1-29-20-11-17(22(26)24-13-16-8-6-10-31-16)19(12-21(20)30-2)25(32(3,27)28)14-15-7-4-5-9-18(15)23/h4-5,7,9,11-12,16H,6,8,10,13-14H2,1-3H3,(H,24,26)/t16-/m0/s1. The number of sulfonamides is 1. The molecule has 174 valence electrons. The van der Waals surface area contributed by atoms with Crippen LogP contribution in [-0.4, -0.2) is 54.1 Å². The summed E-state index contributed by atoms with van der Waals surface area (Å²) in [5, 5.41) is 2.80. The summed E-state index contributed by atoms with van der Waals surface area (Å²) in [7, 11) is -1.08. The van der Waals surface area contributed by atoms with Gasteiger partial charge >= 0.3 is 0 Å². The highest BCUT2D eigenvalue weighted by molar-refractivity contribution is 7.92. The van der Waals surface area contributed by atoms with Crippen LogP contribution in [0.5, 0.6) is 11.5 Å². The Balaban J connectivity index is 2.05. The van der Waals surface area contributed by atoms with Gasteiger partial charge in [-0.1, -0.05) is 18.2 Å². The monoisotopic (exact) mass is 466 g/mol. The number of anilines is 1. The molecular weight excluding hydrogens is 439 g/mol. The first-order valence-corrected chi connectivity index (χ1v) is 12.0. The van der Waals surface area contributed by atoms with Gasteiger partial charge in [0.2, 0.25) is 10.0 Å². The average molecular weight is 467 g/mol. The molecule has 0 aliphatic carbocycles. The number of halogens is 1. The summed E-state index contributed by atoms with van der Waals surface area (Å²) in [4.78, 5) is 13.1. The second-order valence-corrected chi connectivity index (χ2v) is 9.34. The Morgan fingerprint density at radius 3 is 2.50 bits per heavy atom. The van der Waals surface area contributed by atoms with Crippen molar-refractivity contribution in [1.82, 2.24) is 5.32 Å². The first-order valence-electron chi connectivity index (χ1n) is 10.1. The number of nitrogens with zero attached hydrogens (tertiary/aromatic N) is 1. The molecule has 0 saturated carbocycles. The number of carbonyl (C=O) groups excluding carboxylic acids is 1. The van der Waals surface area contributed by atoms with Gasteiger partial charge in [0, 0.05) is 24.8 Å². The Bertz CT molecular complexity index is 1070. The number of benzene rings is 2. The lowest BCUT2D eigenvalue weighted by Gasteiger charge is -2.26. The third kappa shape index (κ3) is 5.49. The van der Waals surface area contributed by atoms with E-state index in [1.54, 1.807) is 6.07 Å². The minimum Gasteiger partial charge on any atom is -0.493 e. The molecule has 1 N–H and O–H groups in total. The molecule has 10 heteroatoms. The number of amides is 1. The number of hydrogen-bond acceptors (Lipinski definition) is 6. The SMILES string of the molecule is COc1cc(C(=O)NC[C@@H]2CCCO2)c(N(Cc2ccccc2F)S(C)(=O)=O)cc1OC. The number of rotatable bonds is 9. The van der Waals surface area contributed by atoms with Crippen molar-refractivity contribution in [3.63, 3.8) is 0 Å². The highest BCUT2D eigenvalue weighted by Gasteiger charge is 2.28. The van der Waals surface area contributed by atoms with E-state index < -0.39 is 21.7 Å². The first kappa shape index (κ1) is 23.8. The van der Waals surface area contributed by atoms with Gasteiger partial charge in [-0.25, -0.2) is 12.8 Å². The zero-order valence-corrected chi connectivity index (χ0v) is 19.1. The molecule has 0 spiro atoms. The molecule has 1 fully saturated rings. The maximum atomic E-state index is 14.3. The molecule has 1 aliphatic heterocycles. The van der Waals surface area contributed by atoms with E-state index in [1.165, 1.54) is 44.6 Å². The van der Waals surface area contributed by atoms with Crippen LogP contribution in [0.3, 0.4) is 0 Å². The quantitative estimate of drug-likeness (QED) is 0.611. The Labute approximate surface area is 187 Å². The van der Waals surface area contributed by atoms with Gasteiger partial charge in [0.1, 0.15) is 5.82 Å². The van der Waals surface area contributed by atoms with Crippen LogP contribution in [0, 0.1) is 5.82 Å². The molecule has 1 heterocycles. The average Bonchev–Trinajstić information content (AvgIpc) is 3.29. The Morgan fingerprint density at radius 2 is 1.91 bits per heavy atom. The molecule has 0 bridgehead atoms. The molecule has 3 rings (SSSR count). The fourth-order valence-electron chi connectivity index (χ4n) is 3.53. The van der Waals surface area contributed by atoms with E-state index >= 15 is 0 Å². The highest BCUT2D eigenvalue weighted by atomic mass is 32.2. The molecular formula is C22H27FN2O6S. The summed E-state index contributed by atoms with van der Waals surface area (Å²) in [6.07, 6.45) is 2.67. The van der Waals surface area contributed by atoms with E-state index in [9.17, 15) is 17.6 Å². The number of carbonyl (C=O) groups is 1. The maximum Gasteiger partial charge on any atom is 0.253 e. The molecule has 32 heavy (non-hydrogen) atoms. The topological polar surface area (TPSA) is 94.2 Å². The van der Waals surface area contributed by atoms with Crippen molar-refractivity contribution in [2.75, 3.05) is 37.9 Å². The number of hydrogen-bond donors (Lipinski definition) is 1. The van der Waals surface area contributed by atoms with E-state index in [-0.39, 0.29) is 41.0 Å². The second-order valence-electron chi connectivity index (χ2n) is 7.43. The molecule has 1 saturated heterocycles. The minimum atomic E-state index is -3.90. The van der Waals surface area contributed by atoms with Gasteiger partial charge in [-0.15, -0.1) is 0 Å². The van der Waals surface area contributed by atoms with Crippen LogP contribution < -0.4 is 19.1 Å². The molecule has 8 nitrogen and oxygen atoms in total. The summed E-state index contributed by atoms with van der Waals surface area (Å²) >= 11 is 0. The lowest BCUT2D eigenvalue weighted by molar-refractivity contribution is 0.0858. The second kappa shape index (κ2) is 10.2. The van der Waals surface area contributed by atoms with E-state index in [4.69, 9.17) is 14.2 Å². The fraction of sp³-hybridized carbons (Fsp3) is 0.409. The van der Waals surface area contributed by atoms with Crippen molar-refractivity contribution in [3.8, 4) is 11.5 Å². The molecule has 2 aromatic carbocycles. The van der Waals surface area contributed by atoms with Gasteiger partial charge < -0.3 is 19.5 Å². The van der Waals surface area contributed by atoms with Gasteiger partial charge in [0.05, 0.1) is 44.4 Å².